The highest BCUT2D eigenvalue weighted by Crippen LogP contribution is 2.05. The predicted octanol–water partition coefficient (Wildman–Crippen LogP) is -5.38. The number of nitrogens with one attached hydrogen (secondary N) is 6. The zero-order valence-corrected chi connectivity index (χ0v) is 26.8. The second kappa shape index (κ2) is 20.7. The monoisotopic (exact) mass is 677 g/mol. The molecule has 20 nitrogen and oxygen atoms in total. The van der Waals surface area contributed by atoms with E-state index in [2.05, 4.69) is 31.9 Å². The summed E-state index contributed by atoms with van der Waals surface area (Å²) >= 11 is 0. The van der Waals surface area contributed by atoms with Crippen LogP contribution in [0.25, 0.3) is 0 Å². The third-order valence-corrected chi connectivity index (χ3v) is 6.52. The molecule has 0 aliphatic carbocycles. The van der Waals surface area contributed by atoms with Gasteiger partial charge in [-0.1, -0.05) is 13.8 Å². The summed E-state index contributed by atoms with van der Waals surface area (Å²) < 4.78 is 0. The maximum atomic E-state index is 13.1. The summed E-state index contributed by atoms with van der Waals surface area (Å²) in [6.45, 7) is 5.17. The van der Waals surface area contributed by atoms with Gasteiger partial charge in [0.15, 0.2) is 0 Å². The highest BCUT2D eigenvalue weighted by molar-refractivity contribution is 5.97. The standard InChI is InChI=1S/C27H47N7O13/c1-11(2)8-15(28)22(41)32-17(9-35)25(44)33-18(10-36)24(43)31-16(6-7-19(38)39)23(42)34-20(14(5)37)26(45)29-12(3)21(40)30-13(4)27(46)47/h11-18,20,35-37H,6-10,28H2,1-5H3,(H,29,45)(H,30,40)(H,31,43)(H,32,41)(H,33,44)(H,34,42)(H,38,39)(H,46,47). The van der Waals surface area contributed by atoms with Crippen molar-refractivity contribution in [2.45, 2.75) is 102 Å². The lowest BCUT2D eigenvalue weighted by Gasteiger charge is -2.27. The molecule has 6 amide bonds. The van der Waals surface area contributed by atoms with E-state index in [0.29, 0.717) is 0 Å². The molecule has 47 heavy (non-hydrogen) atoms. The molecule has 0 spiro atoms. The van der Waals surface area contributed by atoms with Crippen LogP contribution in [-0.2, 0) is 38.4 Å². The zero-order valence-electron chi connectivity index (χ0n) is 26.8. The molecule has 0 rings (SSSR count). The molecule has 0 aromatic rings. The minimum atomic E-state index is -1.76. The Hall–Kier alpha value is -4.40. The summed E-state index contributed by atoms with van der Waals surface area (Å²) in [6, 6.07) is -10.4. The number of carbonyl (C=O) groups excluding carboxylic acids is 6. The number of aliphatic hydroxyl groups excluding tert-OH is 3. The van der Waals surface area contributed by atoms with Crippen LogP contribution in [0.1, 0.15) is 53.9 Å². The van der Waals surface area contributed by atoms with E-state index in [1.165, 1.54) is 13.8 Å². The first-order valence-electron chi connectivity index (χ1n) is 14.7. The Kier molecular flexibility index (Phi) is 18.7. The fourth-order valence-corrected chi connectivity index (χ4v) is 3.79. The topological polar surface area (TPSA) is 336 Å². The Morgan fingerprint density at radius 2 is 1.04 bits per heavy atom. The van der Waals surface area contributed by atoms with Crippen LogP contribution >= 0.6 is 0 Å². The Morgan fingerprint density at radius 1 is 0.596 bits per heavy atom. The van der Waals surface area contributed by atoms with E-state index < -0.39 is 122 Å². The second-order valence-electron chi connectivity index (χ2n) is 11.2. The number of aliphatic hydroxyl groups is 3. The molecule has 0 fully saturated rings. The fourth-order valence-electron chi connectivity index (χ4n) is 3.79. The molecule has 0 heterocycles. The molecule has 0 aliphatic heterocycles. The maximum absolute atomic E-state index is 13.1. The minimum absolute atomic E-state index is 0.0422. The fraction of sp³-hybridized carbons (Fsp3) is 0.704. The molecule has 0 saturated heterocycles. The van der Waals surface area contributed by atoms with Gasteiger partial charge in [-0.15, -0.1) is 0 Å². The average Bonchev–Trinajstić information content (AvgIpc) is 2.97. The first kappa shape index (κ1) is 42.6. The third kappa shape index (κ3) is 15.6. The quantitative estimate of drug-likeness (QED) is 0.0540. The van der Waals surface area contributed by atoms with E-state index in [9.17, 15) is 53.7 Å². The molecule has 8 atom stereocenters. The third-order valence-electron chi connectivity index (χ3n) is 6.52. The number of hydrogen-bond acceptors (Lipinski definition) is 12. The highest BCUT2D eigenvalue weighted by Gasteiger charge is 2.34. The van der Waals surface area contributed by atoms with Crippen LogP contribution in [0, 0.1) is 5.92 Å². The van der Waals surface area contributed by atoms with Gasteiger partial charge in [-0.25, -0.2) is 0 Å². The SMILES string of the molecule is CC(C)CC(N)C(=O)NC(CO)C(=O)NC(CO)C(=O)NC(CCC(=O)O)C(=O)NC(C(=O)NC(C)C(=O)NC(C)C(=O)O)C(C)O. The van der Waals surface area contributed by atoms with Crippen molar-refractivity contribution in [1.29, 1.82) is 0 Å². The Balaban J connectivity index is 5.72. The first-order valence-corrected chi connectivity index (χ1v) is 14.7. The van der Waals surface area contributed by atoms with Gasteiger partial charge in [-0.2, -0.15) is 0 Å². The molecule has 0 bridgehead atoms. The van der Waals surface area contributed by atoms with Crippen molar-refractivity contribution in [1.82, 2.24) is 31.9 Å². The van der Waals surface area contributed by atoms with Crippen LogP contribution in [0.3, 0.4) is 0 Å². The van der Waals surface area contributed by atoms with E-state index in [-0.39, 0.29) is 12.3 Å². The summed E-state index contributed by atoms with van der Waals surface area (Å²) in [7, 11) is 0. The van der Waals surface area contributed by atoms with E-state index in [1.807, 2.05) is 13.8 Å². The van der Waals surface area contributed by atoms with Crippen molar-refractivity contribution in [2.75, 3.05) is 13.2 Å². The van der Waals surface area contributed by atoms with Gasteiger partial charge < -0.3 is 63.2 Å². The van der Waals surface area contributed by atoms with Gasteiger partial charge in [-0.05, 0) is 39.5 Å². The number of nitrogens with two attached hydrogens (primary N) is 1. The smallest absolute Gasteiger partial charge is 0.325 e. The number of carboxylic acids is 2. The number of carboxylic acid groups (broad SMARTS) is 2. The molecular weight excluding hydrogens is 630 g/mol. The molecule has 8 unspecified atom stereocenters. The van der Waals surface area contributed by atoms with E-state index >= 15 is 0 Å². The number of amides is 6. The molecule has 268 valence electrons. The van der Waals surface area contributed by atoms with Crippen LogP contribution in [0.2, 0.25) is 0 Å². The van der Waals surface area contributed by atoms with Gasteiger partial charge >= 0.3 is 11.9 Å². The van der Waals surface area contributed by atoms with E-state index in [1.54, 1.807) is 0 Å². The second-order valence-corrected chi connectivity index (χ2v) is 11.2. The largest absolute Gasteiger partial charge is 0.481 e. The summed E-state index contributed by atoms with van der Waals surface area (Å²) in [4.78, 5) is 98.2. The normalized spacial score (nSPS) is 16.1. The van der Waals surface area contributed by atoms with Gasteiger partial charge in [0.25, 0.3) is 0 Å². The Labute approximate surface area is 270 Å². The Bertz CT molecular complexity index is 1130. The lowest BCUT2D eigenvalue weighted by Crippen LogP contribution is -2.61. The summed E-state index contributed by atoms with van der Waals surface area (Å²) in [6.07, 6.45) is -2.55. The summed E-state index contributed by atoms with van der Waals surface area (Å²) in [5, 5.41) is 60.5. The van der Waals surface area contributed by atoms with E-state index in [0.717, 1.165) is 6.92 Å². The number of carbonyl (C=O) groups is 8. The molecule has 0 aromatic carbocycles. The molecule has 0 aliphatic rings. The number of rotatable bonds is 21. The zero-order chi connectivity index (χ0) is 36.6. The van der Waals surface area contributed by atoms with Crippen molar-refractivity contribution in [3.63, 3.8) is 0 Å². The predicted molar refractivity (Wildman–Crippen MR) is 161 cm³/mol. The van der Waals surface area contributed by atoms with E-state index in [4.69, 9.17) is 15.9 Å². The van der Waals surface area contributed by atoms with Crippen LogP contribution < -0.4 is 37.6 Å². The lowest BCUT2D eigenvalue weighted by atomic mass is 10.0. The molecule has 13 N–H and O–H groups in total. The van der Waals surface area contributed by atoms with Crippen molar-refractivity contribution in [3.05, 3.63) is 0 Å². The van der Waals surface area contributed by atoms with Gasteiger partial charge in [0, 0.05) is 6.42 Å². The molecular formula is C27H47N7O13. The van der Waals surface area contributed by atoms with Crippen LogP contribution in [0.4, 0.5) is 0 Å². The summed E-state index contributed by atoms with van der Waals surface area (Å²) in [5.74, 6) is -8.87. The molecule has 0 aromatic heterocycles. The van der Waals surface area contributed by atoms with Gasteiger partial charge in [0.1, 0.15) is 36.3 Å². The average molecular weight is 678 g/mol. The molecule has 0 radical (unpaired) electrons. The molecule has 0 saturated carbocycles. The van der Waals surface area contributed by atoms with Crippen molar-refractivity contribution in [2.24, 2.45) is 11.7 Å². The first-order chi connectivity index (χ1) is 21.7. The lowest BCUT2D eigenvalue weighted by molar-refractivity contribution is -0.142. The maximum Gasteiger partial charge on any atom is 0.325 e. The molecule has 20 heteroatoms. The van der Waals surface area contributed by atoms with Crippen LogP contribution in [-0.4, -0.2) is 135 Å². The summed E-state index contributed by atoms with van der Waals surface area (Å²) in [5.41, 5.74) is 5.78. The van der Waals surface area contributed by atoms with Crippen molar-refractivity contribution in [3.8, 4) is 0 Å². The van der Waals surface area contributed by atoms with Gasteiger partial charge in [0.2, 0.25) is 35.4 Å². The van der Waals surface area contributed by atoms with Gasteiger partial charge in [0.05, 0.1) is 25.4 Å². The Morgan fingerprint density at radius 3 is 1.47 bits per heavy atom. The number of aliphatic carboxylic acids is 2. The minimum Gasteiger partial charge on any atom is -0.481 e. The highest BCUT2D eigenvalue weighted by atomic mass is 16.4. The van der Waals surface area contributed by atoms with Crippen LogP contribution in [0.5, 0.6) is 0 Å². The van der Waals surface area contributed by atoms with Crippen LogP contribution in [0.15, 0.2) is 0 Å². The van der Waals surface area contributed by atoms with Crippen molar-refractivity contribution >= 4 is 47.4 Å². The van der Waals surface area contributed by atoms with Crippen molar-refractivity contribution < 1.29 is 63.9 Å². The number of hydrogen-bond donors (Lipinski definition) is 12. The van der Waals surface area contributed by atoms with Gasteiger partial charge in [-0.3, -0.25) is 38.4 Å².